The van der Waals surface area contributed by atoms with E-state index in [0.717, 1.165) is 32.2 Å². The molecule has 1 amide bonds. The highest BCUT2D eigenvalue weighted by molar-refractivity contribution is 8.00. The molecule has 0 aromatic heterocycles. The van der Waals surface area contributed by atoms with E-state index >= 15 is 0 Å². The van der Waals surface area contributed by atoms with Gasteiger partial charge in [0.1, 0.15) is 0 Å². The SMILES string of the molecule is CSC1(CNC(=O)C2(N)CCCC2)CCCCC1. The molecule has 0 unspecified atom stereocenters. The Morgan fingerprint density at radius 1 is 1.11 bits per heavy atom. The molecule has 2 fully saturated rings. The zero-order valence-electron chi connectivity index (χ0n) is 11.5. The zero-order valence-corrected chi connectivity index (χ0v) is 12.3. The third kappa shape index (κ3) is 3.02. The van der Waals surface area contributed by atoms with E-state index in [0.29, 0.717) is 0 Å². The van der Waals surface area contributed by atoms with Crippen molar-refractivity contribution in [3.05, 3.63) is 0 Å². The minimum absolute atomic E-state index is 0.0824. The highest BCUT2D eigenvalue weighted by atomic mass is 32.2. The molecule has 0 aromatic carbocycles. The summed E-state index contributed by atoms with van der Waals surface area (Å²) in [6.45, 7) is 0.798. The van der Waals surface area contributed by atoms with Gasteiger partial charge < -0.3 is 11.1 Å². The number of carbonyl (C=O) groups is 1. The first-order valence-corrected chi connectivity index (χ1v) is 8.45. The molecule has 2 aliphatic carbocycles. The van der Waals surface area contributed by atoms with Crippen LogP contribution in [0.2, 0.25) is 0 Å². The summed E-state index contributed by atoms with van der Waals surface area (Å²) in [6.07, 6.45) is 12.5. The summed E-state index contributed by atoms with van der Waals surface area (Å²) in [6, 6.07) is 0. The van der Waals surface area contributed by atoms with E-state index in [4.69, 9.17) is 5.73 Å². The minimum atomic E-state index is -0.575. The summed E-state index contributed by atoms with van der Waals surface area (Å²) >= 11 is 1.92. The number of carbonyl (C=O) groups excluding carboxylic acids is 1. The lowest BCUT2D eigenvalue weighted by Crippen LogP contribution is -2.54. The highest BCUT2D eigenvalue weighted by Gasteiger charge is 2.39. The van der Waals surface area contributed by atoms with E-state index in [-0.39, 0.29) is 10.7 Å². The number of amides is 1. The maximum absolute atomic E-state index is 12.2. The molecule has 0 atom stereocenters. The Kier molecular flexibility index (Phi) is 4.59. The monoisotopic (exact) mass is 270 g/mol. The normalized spacial score (nSPS) is 25.9. The highest BCUT2D eigenvalue weighted by Crippen LogP contribution is 2.38. The van der Waals surface area contributed by atoms with Crippen molar-refractivity contribution in [1.82, 2.24) is 5.32 Å². The number of thioether (sulfide) groups is 1. The summed E-state index contributed by atoms with van der Waals surface area (Å²) in [5.74, 6) is 0.0824. The van der Waals surface area contributed by atoms with Gasteiger partial charge in [0, 0.05) is 11.3 Å². The van der Waals surface area contributed by atoms with Crippen LogP contribution >= 0.6 is 11.8 Å². The van der Waals surface area contributed by atoms with E-state index in [2.05, 4.69) is 11.6 Å². The van der Waals surface area contributed by atoms with Crippen LogP contribution in [0, 0.1) is 0 Å². The molecular formula is C14H26N2OS. The summed E-state index contributed by atoms with van der Waals surface area (Å²) in [4.78, 5) is 12.2. The van der Waals surface area contributed by atoms with Crippen molar-refractivity contribution < 1.29 is 4.79 Å². The topological polar surface area (TPSA) is 55.1 Å². The van der Waals surface area contributed by atoms with Crippen molar-refractivity contribution in [2.24, 2.45) is 5.73 Å². The smallest absolute Gasteiger partial charge is 0.240 e. The second-order valence-corrected chi connectivity index (χ2v) is 7.27. The molecule has 0 spiro atoms. The van der Waals surface area contributed by atoms with Gasteiger partial charge >= 0.3 is 0 Å². The first-order chi connectivity index (χ1) is 8.60. The Morgan fingerprint density at radius 3 is 2.22 bits per heavy atom. The Hall–Kier alpha value is -0.220. The molecule has 2 saturated carbocycles. The van der Waals surface area contributed by atoms with Crippen molar-refractivity contribution in [3.8, 4) is 0 Å². The lowest BCUT2D eigenvalue weighted by atomic mass is 9.87. The summed E-state index contributed by atoms with van der Waals surface area (Å²) in [5.41, 5.74) is 5.61. The molecule has 0 aliphatic heterocycles. The predicted molar refractivity (Wildman–Crippen MR) is 77.7 cm³/mol. The van der Waals surface area contributed by atoms with Crippen LogP contribution in [0.5, 0.6) is 0 Å². The number of nitrogens with one attached hydrogen (secondary N) is 1. The van der Waals surface area contributed by atoms with Crippen molar-refractivity contribution >= 4 is 17.7 Å². The van der Waals surface area contributed by atoms with Gasteiger partial charge in [-0.05, 0) is 31.9 Å². The molecule has 0 radical (unpaired) electrons. The average Bonchev–Trinajstić information content (AvgIpc) is 2.85. The van der Waals surface area contributed by atoms with Crippen LogP contribution in [-0.4, -0.2) is 29.0 Å². The number of nitrogens with two attached hydrogens (primary N) is 1. The second kappa shape index (κ2) is 5.83. The molecule has 104 valence electrons. The van der Waals surface area contributed by atoms with Crippen LogP contribution in [0.4, 0.5) is 0 Å². The molecule has 4 heteroatoms. The molecule has 2 aliphatic rings. The van der Waals surface area contributed by atoms with Crippen LogP contribution in [0.1, 0.15) is 57.8 Å². The van der Waals surface area contributed by atoms with Crippen LogP contribution in [0.15, 0.2) is 0 Å². The second-order valence-electron chi connectivity index (χ2n) is 5.99. The quantitative estimate of drug-likeness (QED) is 0.825. The van der Waals surface area contributed by atoms with Gasteiger partial charge in [-0.15, -0.1) is 0 Å². The van der Waals surface area contributed by atoms with Gasteiger partial charge in [0.2, 0.25) is 5.91 Å². The summed E-state index contributed by atoms with van der Waals surface area (Å²) < 4.78 is 0.267. The van der Waals surface area contributed by atoms with Crippen molar-refractivity contribution in [3.63, 3.8) is 0 Å². The number of hydrogen-bond donors (Lipinski definition) is 2. The average molecular weight is 270 g/mol. The number of rotatable bonds is 4. The predicted octanol–water partition coefficient (Wildman–Crippen LogP) is 2.44. The minimum Gasteiger partial charge on any atom is -0.353 e. The van der Waals surface area contributed by atoms with Gasteiger partial charge in [0.15, 0.2) is 0 Å². The fourth-order valence-corrected chi connectivity index (χ4v) is 4.21. The molecule has 0 heterocycles. The van der Waals surface area contributed by atoms with Gasteiger partial charge in [-0.1, -0.05) is 32.1 Å². The van der Waals surface area contributed by atoms with Gasteiger partial charge in [-0.2, -0.15) is 11.8 Å². The lowest BCUT2D eigenvalue weighted by Gasteiger charge is -2.36. The molecule has 3 N–H and O–H groups in total. The molecule has 0 saturated heterocycles. The summed E-state index contributed by atoms with van der Waals surface area (Å²) in [7, 11) is 0. The van der Waals surface area contributed by atoms with E-state index < -0.39 is 5.54 Å². The molecule has 0 bridgehead atoms. The maximum atomic E-state index is 12.2. The van der Waals surface area contributed by atoms with Crippen molar-refractivity contribution in [2.75, 3.05) is 12.8 Å². The Labute approximate surface area is 115 Å². The third-order valence-corrected chi connectivity index (χ3v) is 6.14. The standard InChI is InChI=1S/C14H26N2OS/c1-18-13(7-3-2-4-8-13)11-16-12(17)14(15)9-5-6-10-14/h2-11,15H2,1H3,(H,16,17). The fourth-order valence-electron chi connectivity index (χ4n) is 3.30. The molecule has 2 rings (SSSR count). The number of hydrogen-bond acceptors (Lipinski definition) is 3. The fraction of sp³-hybridized carbons (Fsp3) is 0.929. The van der Waals surface area contributed by atoms with Crippen LogP contribution in [0.25, 0.3) is 0 Å². The molecule has 18 heavy (non-hydrogen) atoms. The zero-order chi connectivity index (χ0) is 13.1. The van der Waals surface area contributed by atoms with Gasteiger partial charge in [0.05, 0.1) is 5.54 Å². The Morgan fingerprint density at radius 2 is 1.67 bits per heavy atom. The van der Waals surface area contributed by atoms with Gasteiger partial charge in [-0.25, -0.2) is 0 Å². The van der Waals surface area contributed by atoms with Gasteiger partial charge in [0.25, 0.3) is 0 Å². The largest absolute Gasteiger partial charge is 0.353 e. The molecule has 3 nitrogen and oxygen atoms in total. The molecule has 0 aromatic rings. The third-order valence-electron chi connectivity index (χ3n) is 4.72. The van der Waals surface area contributed by atoms with E-state index in [9.17, 15) is 4.79 Å². The van der Waals surface area contributed by atoms with Crippen LogP contribution in [0.3, 0.4) is 0 Å². The Balaban J connectivity index is 1.87. The molecular weight excluding hydrogens is 244 g/mol. The van der Waals surface area contributed by atoms with E-state index in [1.54, 1.807) is 0 Å². The van der Waals surface area contributed by atoms with Crippen LogP contribution in [-0.2, 0) is 4.79 Å². The van der Waals surface area contributed by atoms with E-state index in [1.807, 2.05) is 11.8 Å². The van der Waals surface area contributed by atoms with Crippen molar-refractivity contribution in [2.45, 2.75) is 68.1 Å². The van der Waals surface area contributed by atoms with Crippen molar-refractivity contribution in [1.29, 1.82) is 0 Å². The van der Waals surface area contributed by atoms with Crippen LogP contribution < -0.4 is 11.1 Å². The first kappa shape index (κ1) is 14.2. The first-order valence-electron chi connectivity index (χ1n) is 7.23. The summed E-state index contributed by atoms with van der Waals surface area (Å²) in [5, 5.41) is 3.14. The lowest BCUT2D eigenvalue weighted by molar-refractivity contribution is -0.126. The maximum Gasteiger partial charge on any atom is 0.240 e. The Bertz CT molecular complexity index is 294. The van der Waals surface area contributed by atoms with E-state index in [1.165, 1.54) is 32.1 Å². The van der Waals surface area contributed by atoms with Gasteiger partial charge in [-0.3, -0.25) is 4.79 Å².